The summed E-state index contributed by atoms with van der Waals surface area (Å²) in [5, 5.41) is 11.7. The van der Waals surface area contributed by atoms with Crippen LogP contribution in [0.3, 0.4) is 0 Å². The van der Waals surface area contributed by atoms with E-state index in [2.05, 4.69) is 15.5 Å². The average Bonchev–Trinajstić information content (AvgIpc) is 3.32. The first-order valence-corrected chi connectivity index (χ1v) is 8.18. The predicted octanol–water partition coefficient (Wildman–Crippen LogP) is 3.66. The van der Waals surface area contributed by atoms with Gasteiger partial charge in [0.25, 0.3) is 5.91 Å². The van der Waals surface area contributed by atoms with Gasteiger partial charge in [0, 0.05) is 5.69 Å². The molecule has 7 nitrogen and oxygen atoms in total. The van der Waals surface area contributed by atoms with Crippen LogP contribution in [0.25, 0.3) is 16.7 Å². The van der Waals surface area contributed by atoms with Gasteiger partial charge in [-0.3, -0.25) is 4.79 Å². The Morgan fingerprint density at radius 3 is 2.65 bits per heavy atom. The third-order valence-electron chi connectivity index (χ3n) is 3.76. The number of nitrogens with one attached hydrogen (secondary N) is 1. The number of nitrogens with zero attached hydrogens (tertiary/aromatic N) is 3. The van der Waals surface area contributed by atoms with Crippen molar-refractivity contribution in [3.63, 3.8) is 0 Å². The Labute approximate surface area is 149 Å². The van der Waals surface area contributed by atoms with E-state index in [1.807, 2.05) is 37.3 Å². The highest BCUT2D eigenvalue weighted by Crippen LogP contribution is 2.19. The highest BCUT2D eigenvalue weighted by atomic mass is 16.5. The Bertz CT molecular complexity index is 1040. The van der Waals surface area contributed by atoms with Crippen LogP contribution in [0, 0.1) is 0 Å². The van der Waals surface area contributed by atoms with Gasteiger partial charge in [0.1, 0.15) is 16.8 Å². The number of amides is 1. The van der Waals surface area contributed by atoms with Crippen LogP contribution in [0.2, 0.25) is 0 Å². The summed E-state index contributed by atoms with van der Waals surface area (Å²) in [6.45, 7) is 2.56. The van der Waals surface area contributed by atoms with Crippen LogP contribution in [-0.2, 0) is 0 Å². The van der Waals surface area contributed by atoms with E-state index in [1.54, 1.807) is 29.1 Å². The smallest absolute Gasteiger partial charge is 0.291 e. The zero-order valence-electron chi connectivity index (χ0n) is 14.0. The average molecular weight is 348 g/mol. The van der Waals surface area contributed by atoms with E-state index < -0.39 is 0 Å². The number of anilines is 1. The normalized spacial score (nSPS) is 10.8. The van der Waals surface area contributed by atoms with Gasteiger partial charge in [-0.2, -0.15) is 4.80 Å². The van der Waals surface area contributed by atoms with Crippen molar-refractivity contribution in [3.05, 3.63) is 66.6 Å². The van der Waals surface area contributed by atoms with Crippen LogP contribution in [-0.4, -0.2) is 27.5 Å². The van der Waals surface area contributed by atoms with E-state index in [9.17, 15) is 4.79 Å². The van der Waals surface area contributed by atoms with Gasteiger partial charge in [-0.05, 0) is 61.5 Å². The van der Waals surface area contributed by atoms with Crippen LogP contribution >= 0.6 is 0 Å². The Morgan fingerprint density at radius 1 is 1.12 bits per heavy atom. The fourth-order valence-electron chi connectivity index (χ4n) is 2.55. The molecule has 2 heterocycles. The molecule has 4 aromatic rings. The highest BCUT2D eigenvalue weighted by Gasteiger charge is 2.11. The van der Waals surface area contributed by atoms with Crippen molar-refractivity contribution >= 4 is 22.6 Å². The van der Waals surface area contributed by atoms with E-state index in [4.69, 9.17) is 9.15 Å². The summed E-state index contributed by atoms with van der Waals surface area (Å²) in [7, 11) is 0. The van der Waals surface area contributed by atoms with Crippen molar-refractivity contribution in [2.75, 3.05) is 11.9 Å². The Kier molecular flexibility index (Phi) is 4.10. The van der Waals surface area contributed by atoms with Crippen LogP contribution in [0.1, 0.15) is 17.5 Å². The van der Waals surface area contributed by atoms with Gasteiger partial charge in [0.05, 0.1) is 18.6 Å². The maximum atomic E-state index is 12.1. The zero-order chi connectivity index (χ0) is 17.9. The van der Waals surface area contributed by atoms with Crippen molar-refractivity contribution < 1.29 is 13.9 Å². The molecule has 0 aliphatic carbocycles. The molecule has 130 valence electrons. The first-order valence-electron chi connectivity index (χ1n) is 8.18. The van der Waals surface area contributed by atoms with Gasteiger partial charge in [-0.15, -0.1) is 10.2 Å². The molecular weight excluding hydrogens is 332 g/mol. The predicted molar refractivity (Wildman–Crippen MR) is 96.7 cm³/mol. The third-order valence-corrected chi connectivity index (χ3v) is 3.76. The fraction of sp³-hybridized carbons (Fsp3) is 0.105. The summed E-state index contributed by atoms with van der Waals surface area (Å²) in [5.74, 6) is 0.743. The van der Waals surface area contributed by atoms with Crippen LogP contribution in [0.4, 0.5) is 5.69 Å². The molecule has 0 bridgehead atoms. The monoisotopic (exact) mass is 348 g/mol. The first kappa shape index (κ1) is 15.9. The number of furan rings is 1. The van der Waals surface area contributed by atoms with Crippen LogP contribution in [0.15, 0.2) is 65.3 Å². The molecule has 4 rings (SSSR count). The molecular formula is C19H16N4O3. The van der Waals surface area contributed by atoms with E-state index in [0.717, 1.165) is 17.0 Å². The lowest BCUT2D eigenvalue weighted by Gasteiger charge is -2.03. The van der Waals surface area contributed by atoms with E-state index >= 15 is 0 Å². The maximum Gasteiger partial charge on any atom is 0.291 e. The molecule has 0 saturated carbocycles. The number of rotatable bonds is 5. The second-order valence-corrected chi connectivity index (χ2v) is 5.55. The molecule has 0 fully saturated rings. The van der Waals surface area contributed by atoms with E-state index in [-0.39, 0.29) is 11.7 Å². The maximum absolute atomic E-state index is 12.1. The largest absolute Gasteiger partial charge is 0.494 e. The minimum absolute atomic E-state index is 0.253. The number of hydrogen-bond donors (Lipinski definition) is 1. The fourth-order valence-corrected chi connectivity index (χ4v) is 2.55. The quantitative estimate of drug-likeness (QED) is 0.595. The van der Waals surface area contributed by atoms with Gasteiger partial charge in [0.15, 0.2) is 5.76 Å². The van der Waals surface area contributed by atoms with Crippen LogP contribution in [0.5, 0.6) is 5.75 Å². The SMILES string of the molecule is CCOc1ccc(-n2nc3ccc(NC(=O)c4ccco4)cc3n2)cc1. The molecule has 1 N–H and O–H groups in total. The van der Waals surface area contributed by atoms with Crippen molar-refractivity contribution in [2.45, 2.75) is 6.92 Å². The lowest BCUT2D eigenvalue weighted by Crippen LogP contribution is -2.10. The molecule has 2 aromatic carbocycles. The minimum atomic E-state index is -0.312. The summed E-state index contributed by atoms with van der Waals surface area (Å²) in [6.07, 6.45) is 1.46. The van der Waals surface area contributed by atoms with Gasteiger partial charge < -0.3 is 14.5 Å². The standard InChI is InChI=1S/C19H16N4O3/c1-2-25-15-8-6-14(7-9-15)23-21-16-10-5-13(12-17(16)22-23)20-19(24)18-4-3-11-26-18/h3-12H,2H2,1H3,(H,20,24). The molecule has 0 unspecified atom stereocenters. The van der Waals surface area contributed by atoms with Crippen molar-refractivity contribution in [1.82, 2.24) is 15.0 Å². The topological polar surface area (TPSA) is 82.2 Å². The molecule has 0 aliphatic rings. The molecule has 26 heavy (non-hydrogen) atoms. The molecule has 0 atom stereocenters. The Hall–Kier alpha value is -3.61. The first-order chi connectivity index (χ1) is 12.7. The van der Waals surface area contributed by atoms with Gasteiger partial charge in [-0.25, -0.2) is 0 Å². The number of fused-ring (bicyclic) bond motifs is 1. The van der Waals surface area contributed by atoms with E-state index in [1.165, 1.54) is 6.26 Å². The summed E-state index contributed by atoms with van der Waals surface area (Å²) in [5.41, 5.74) is 2.86. The lowest BCUT2D eigenvalue weighted by atomic mass is 10.2. The number of carbonyl (C=O) groups is 1. The highest BCUT2D eigenvalue weighted by molar-refractivity contribution is 6.03. The molecule has 7 heteroatoms. The van der Waals surface area contributed by atoms with Crippen molar-refractivity contribution in [1.29, 1.82) is 0 Å². The number of aromatic nitrogens is 3. The Balaban J connectivity index is 1.58. The number of carbonyl (C=O) groups excluding carboxylic acids is 1. The molecule has 2 aromatic heterocycles. The summed E-state index contributed by atoms with van der Waals surface area (Å²) in [4.78, 5) is 13.6. The van der Waals surface area contributed by atoms with E-state index in [0.29, 0.717) is 17.8 Å². The van der Waals surface area contributed by atoms with Crippen molar-refractivity contribution in [3.8, 4) is 11.4 Å². The van der Waals surface area contributed by atoms with Crippen molar-refractivity contribution in [2.24, 2.45) is 0 Å². The molecule has 0 saturated heterocycles. The summed E-state index contributed by atoms with van der Waals surface area (Å²) in [6, 6.07) is 16.2. The number of benzene rings is 2. The van der Waals surface area contributed by atoms with Gasteiger partial charge in [0.2, 0.25) is 0 Å². The second kappa shape index (κ2) is 6.72. The molecule has 0 spiro atoms. The summed E-state index contributed by atoms with van der Waals surface area (Å²) < 4.78 is 10.5. The van der Waals surface area contributed by atoms with Crippen LogP contribution < -0.4 is 10.1 Å². The molecule has 0 radical (unpaired) electrons. The number of ether oxygens (including phenoxy) is 1. The van der Waals surface area contributed by atoms with Gasteiger partial charge in [-0.1, -0.05) is 0 Å². The Morgan fingerprint density at radius 2 is 1.92 bits per heavy atom. The van der Waals surface area contributed by atoms with Gasteiger partial charge >= 0.3 is 0 Å². The second-order valence-electron chi connectivity index (χ2n) is 5.55. The lowest BCUT2D eigenvalue weighted by molar-refractivity contribution is 0.0996. The summed E-state index contributed by atoms with van der Waals surface area (Å²) >= 11 is 0. The minimum Gasteiger partial charge on any atom is -0.494 e. The zero-order valence-corrected chi connectivity index (χ0v) is 14.0. The third kappa shape index (κ3) is 3.14. The number of hydrogen-bond acceptors (Lipinski definition) is 5. The molecule has 1 amide bonds. The molecule has 0 aliphatic heterocycles.